The van der Waals surface area contributed by atoms with Gasteiger partial charge in [-0.3, -0.25) is 19.3 Å². The van der Waals surface area contributed by atoms with E-state index in [0.29, 0.717) is 58.5 Å². The van der Waals surface area contributed by atoms with Gasteiger partial charge in [0.2, 0.25) is 11.8 Å². The van der Waals surface area contributed by atoms with E-state index in [9.17, 15) is 19.5 Å². The van der Waals surface area contributed by atoms with Crippen molar-refractivity contribution in [1.82, 2.24) is 14.7 Å². The summed E-state index contributed by atoms with van der Waals surface area (Å²) in [5.74, 6) is -2.58. The van der Waals surface area contributed by atoms with Crippen molar-refractivity contribution < 1.29 is 33.7 Å². The lowest BCUT2D eigenvalue weighted by Gasteiger charge is -2.39. The lowest BCUT2D eigenvalue weighted by molar-refractivity contribution is -0.163. The molecule has 6 atom stereocenters. The summed E-state index contributed by atoms with van der Waals surface area (Å²) in [7, 11) is 0. The van der Waals surface area contributed by atoms with Crippen molar-refractivity contribution in [2.75, 3.05) is 59.2 Å². The molecule has 2 unspecified atom stereocenters. The van der Waals surface area contributed by atoms with Gasteiger partial charge in [-0.15, -0.1) is 13.2 Å². The normalized spacial score (nSPS) is 32.1. The molecule has 0 radical (unpaired) electrons. The van der Waals surface area contributed by atoms with Gasteiger partial charge in [0.1, 0.15) is 17.6 Å². The van der Waals surface area contributed by atoms with Crippen molar-refractivity contribution in [2.45, 2.75) is 75.7 Å². The highest BCUT2D eigenvalue weighted by Crippen LogP contribution is 2.64. The third kappa shape index (κ3) is 5.47. The number of carbonyl (C=O) groups excluding carboxylic acids is 3. The Balaban J connectivity index is 1.62. The molecule has 0 aromatic carbocycles. The summed E-state index contributed by atoms with van der Waals surface area (Å²) in [6, 6.07) is -1.54. The van der Waals surface area contributed by atoms with Crippen molar-refractivity contribution in [3.05, 3.63) is 25.3 Å². The lowest BCUT2D eigenvalue weighted by atomic mass is 9.65. The fraction of sp³-hybridized carbons (Fsp3) is 0.767. The molecule has 10 nitrogen and oxygen atoms in total. The number of hydrogen-bond donors (Lipinski definition) is 1. The van der Waals surface area contributed by atoms with Crippen LogP contribution >= 0.6 is 0 Å². The number of aliphatic hydroxyl groups is 1. The molecule has 40 heavy (non-hydrogen) atoms. The monoisotopic (exact) mass is 561 g/mol. The minimum Gasteiger partial charge on any atom is -0.465 e. The third-order valence-corrected chi connectivity index (χ3v) is 9.34. The van der Waals surface area contributed by atoms with Crippen molar-refractivity contribution in [3.63, 3.8) is 0 Å². The van der Waals surface area contributed by atoms with Gasteiger partial charge < -0.3 is 29.1 Å². The van der Waals surface area contributed by atoms with E-state index in [1.165, 1.54) is 4.90 Å². The summed E-state index contributed by atoms with van der Waals surface area (Å²) in [6.45, 7) is 15.7. The van der Waals surface area contributed by atoms with Gasteiger partial charge in [0.15, 0.2) is 0 Å². The standard InChI is InChI=1S/C30H47N3O7/c1-5-8-9-10-18-39-28(37)24-23-26(35)33(22(4)21-34)25(30(23)12-11-29(24,7-3)40-30)27(36)32(13-6-2)15-14-31-16-19-38-20-17-31/h5-6,22-25,34H,1-2,7-21H2,3-4H3/t22-,23+,24-,25?,29+,30?/m1/s1. The number of unbranched alkanes of at least 4 members (excludes halogenated alkanes) is 2. The van der Waals surface area contributed by atoms with Gasteiger partial charge >= 0.3 is 5.97 Å². The highest BCUT2D eigenvalue weighted by atomic mass is 16.6. The van der Waals surface area contributed by atoms with Crippen LogP contribution in [0.2, 0.25) is 0 Å². The van der Waals surface area contributed by atoms with Crippen LogP contribution in [0.3, 0.4) is 0 Å². The molecule has 0 aromatic rings. The maximum atomic E-state index is 14.4. The summed E-state index contributed by atoms with van der Waals surface area (Å²) in [6.07, 6.45) is 7.56. The average Bonchev–Trinajstić information content (AvgIpc) is 3.58. The van der Waals surface area contributed by atoms with Crippen LogP contribution in [0.5, 0.6) is 0 Å². The molecule has 2 bridgehead atoms. The zero-order chi connectivity index (χ0) is 28.9. The van der Waals surface area contributed by atoms with Crippen LogP contribution in [0.15, 0.2) is 25.3 Å². The van der Waals surface area contributed by atoms with E-state index in [2.05, 4.69) is 18.1 Å². The number of amides is 2. The quantitative estimate of drug-likeness (QED) is 0.183. The summed E-state index contributed by atoms with van der Waals surface area (Å²) < 4.78 is 18.0. The number of fused-ring (bicyclic) bond motifs is 1. The Bertz CT molecular complexity index is 954. The number of carbonyl (C=O) groups is 3. The summed E-state index contributed by atoms with van der Waals surface area (Å²) in [5, 5.41) is 10.1. The molecule has 1 spiro atoms. The summed E-state index contributed by atoms with van der Waals surface area (Å²) >= 11 is 0. The first kappa shape index (κ1) is 30.7. The number of likely N-dealkylation sites (tertiary alicyclic amines) is 1. The van der Waals surface area contributed by atoms with Gasteiger partial charge in [0.25, 0.3) is 0 Å². The molecule has 224 valence electrons. The molecular formula is C30H47N3O7. The molecule has 4 fully saturated rings. The molecule has 0 aliphatic carbocycles. The van der Waals surface area contributed by atoms with E-state index in [4.69, 9.17) is 14.2 Å². The van der Waals surface area contributed by atoms with Gasteiger partial charge in [-0.25, -0.2) is 0 Å². The Kier molecular flexibility index (Phi) is 10.1. The van der Waals surface area contributed by atoms with Crippen LogP contribution in [0, 0.1) is 11.8 Å². The van der Waals surface area contributed by atoms with Crippen LogP contribution in [0.25, 0.3) is 0 Å². The van der Waals surface area contributed by atoms with E-state index in [1.54, 1.807) is 17.9 Å². The molecule has 10 heteroatoms. The topological polar surface area (TPSA) is 109 Å². The Morgan fingerprint density at radius 1 is 1.23 bits per heavy atom. The predicted octanol–water partition coefficient (Wildman–Crippen LogP) is 1.77. The van der Waals surface area contributed by atoms with E-state index < -0.39 is 41.1 Å². The Morgan fingerprint density at radius 2 is 1.98 bits per heavy atom. The molecule has 4 rings (SSSR count). The first-order valence-electron chi connectivity index (χ1n) is 14.9. The van der Waals surface area contributed by atoms with Gasteiger partial charge in [0.05, 0.1) is 44.0 Å². The first-order chi connectivity index (χ1) is 19.3. The fourth-order valence-electron chi connectivity index (χ4n) is 7.22. The van der Waals surface area contributed by atoms with E-state index in [0.717, 1.165) is 25.9 Å². The number of nitrogens with zero attached hydrogens (tertiary/aromatic N) is 3. The van der Waals surface area contributed by atoms with Crippen LogP contribution < -0.4 is 0 Å². The zero-order valence-corrected chi connectivity index (χ0v) is 24.2. The smallest absolute Gasteiger partial charge is 0.312 e. The van der Waals surface area contributed by atoms with Crippen LogP contribution in [-0.2, 0) is 28.6 Å². The molecule has 0 aromatic heterocycles. The largest absolute Gasteiger partial charge is 0.465 e. The third-order valence-electron chi connectivity index (χ3n) is 9.34. The maximum absolute atomic E-state index is 14.4. The Morgan fingerprint density at radius 3 is 2.62 bits per heavy atom. The minimum atomic E-state index is -1.14. The highest BCUT2D eigenvalue weighted by Gasteiger charge is 2.79. The van der Waals surface area contributed by atoms with Crippen LogP contribution in [0.1, 0.15) is 52.4 Å². The number of hydrogen-bond acceptors (Lipinski definition) is 8. The molecule has 0 saturated carbocycles. The molecule has 4 saturated heterocycles. The van der Waals surface area contributed by atoms with Crippen molar-refractivity contribution in [1.29, 1.82) is 0 Å². The van der Waals surface area contributed by atoms with E-state index >= 15 is 0 Å². The lowest BCUT2D eigenvalue weighted by Crippen LogP contribution is -2.59. The average molecular weight is 562 g/mol. The maximum Gasteiger partial charge on any atom is 0.312 e. The molecule has 4 heterocycles. The number of allylic oxidation sites excluding steroid dienone is 1. The van der Waals surface area contributed by atoms with E-state index in [1.807, 2.05) is 13.0 Å². The SMILES string of the molecule is C=CCCCCOC(=O)[C@H]1[C@H]2C(=O)N([C@H](C)CO)C(C(=O)N(CC=C)CCN3CCOCC3)C23CC[C@]1(CC)O3. The zero-order valence-electron chi connectivity index (χ0n) is 24.2. The van der Waals surface area contributed by atoms with Gasteiger partial charge in [-0.2, -0.15) is 0 Å². The second-order valence-electron chi connectivity index (χ2n) is 11.6. The van der Waals surface area contributed by atoms with Crippen molar-refractivity contribution in [2.24, 2.45) is 11.8 Å². The van der Waals surface area contributed by atoms with Gasteiger partial charge in [-0.05, 0) is 45.4 Å². The van der Waals surface area contributed by atoms with Crippen LogP contribution in [0.4, 0.5) is 0 Å². The number of esters is 1. The first-order valence-corrected chi connectivity index (χ1v) is 14.9. The number of aliphatic hydroxyl groups excluding tert-OH is 1. The summed E-state index contributed by atoms with van der Waals surface area (Å²) in [4.78, 5) is 47.6. The molecule has 4 aliphatic rings. The molecule has 1 N–H and O–H groups in total. The number of ether oxygens (including phenoxy) is 3. The van der Waals surface area contributed by atoms with E-state index in [-0.39, 0.29) is 25.0 Å². The van der Waals surface area contributed by atoms with Crippen LogP contribution in [-0.4, -0.2) is 120 Å². The second kappa shape index (κ2) is 13.1. The fourth-order valence-corrected chi connectivity index (χ4v) is 7.22. The van der Waals surface area contributed by atoms with Crippen molar-refractivity contribution in [3.8, 4) is 0 Å². The van der Waals surface area contributed by atoms with Gasteiger partial charge in [-0.1, -0.05) is 19.1 Å². The molecule has 2 amide bonds. The molecular weight excluding hydrogens is 514 g/mol. The molecule has 4 aliphatic heterocycles. The van der Waals surface area contributed by atoms with Crippen molar-refractivity contribution >= 4 is 17.8 Å². The second-order valence-corrected chi connectivity index (χ2v) is 11.6. The predicted molar refractivity (Wildman–Crippen MR) is 149 cm³/mol. The number of rotatable bonds is 15. The Hall–Kier alpha value is -2.27. The van der Waals surface area contributed by atoms with Gasteiger partial charge in [0, 0.05) is 32.7 Å². The highest BCUT2D eigenvalue weighted by molar-refractivity contribution is 5.98. The minimum absolute atomic E-state index is 0.227. The Labute approximate surface area is 238 Å². The number of morpholine rings is 1. The summed E-state index contributed by atoms with van der Waals surface area (Å²) in [5.41, 5.74) is -1.98.